The average Bonchev–Trinajstić information content (AvgIpc) is 2.83. The fourth-order valence-corrected chi connectivity index (χ4v) is 4.00. The van der Waals surface area contributed by atoms with Crippen LogP contribution in [0.25, 0.3) is 0 Å². The molecule has 1 heterocycles. The summed E-state index contributed by atoms with van der Waals surface area (Å²) in [6, 6.07) is 16.4. The van der Waals surface area contributed by atoms with E-state index in [4.69, 9.17) is 5.73 Å². The number of piperidine rings is 1. The number of halogens is 1. The van der Waals surface area contributed by atoms with Crippen LogP contribution in [-0.2, 0) is 27.3 Å². The van der Waals surface area contributed by atoms with Crippen LogP contribution in [0.5, 0.6) is 0 Å². The molecule has 0 aromatic heterocycles. The highest BCUT2D eigenvalue weighted by atomic mass is 35.5. The highest BCUT2D eigenvalue weighted by molar-refractivity contribution is 5.88. The summed E-state index contributed by atoms with van der Waals surface area (Å²) in [4.78, 5) is 39.5. The number of carbonyl (C=O) groups is 3. The van der Waals surface area contributed by atoms with Gasteiger partial charge < -0.3 is 21.3 Å². The van der Waals surface area contributed by atoms with Crippen molar-refractivity contribution in [2.24, 2.45) is 11.7 Å². The van der Waals surface area contributed by atoms with E-state index >= 15 is 0 Å². The quantitative estimate of drug-likeness (QED) is 0.532. The number of nitrogens with two attached hydrogens (primary N) is 1. The zero-order chi connectivity index (χ0) is 23.8. The molecule has 7 nitrogen and oxygen atoms in total. The first-order valence-electron chi connectivity index (χ1n) is 11.6. The summed E-state index contributed by atoms with van der Waals surface area (Å²) in [5.41, 5.74) is 9.34. The lowest BCUT2D eigenvalue weighted by Crippen LogP contribution is -2.51. The maximum absolute atomic E-state index is 12.7. The SMILES string of the molecule is Cc1ccc(CNC(=O)[C@H](C)NC(=O)C2CCN(C(=O)[C@@H](N)Cc3ccccc3)CC2)cc1.Cl. The van der Waals surface area contributed by atoms with Crippen molar-refractivity contribution >= 4 is 30.1 Å². The molecule has 1 fully saturated rings. The third kappa shape index (κ3) is 7.85. The highest BCUT2D eigenvalue weighted by Gasteiger charge is 2.30. The Labute approximate surface area is 207 Å². The number of hydrogen-bond donors (Lipinski definition) is 3. The summed E-state index contributed by atoms with van der Waals surface area (Å²) in [5.74, 6) is -0.662. The fourth-order valence-electron chi connectivity index (χ4n) is 4.00. The number of benzene rings is 2. The lowest BCUT2D eigenvalue weighted by molar-refractivity contribution is -0.137. The average molecular weight is 487 g/mol. The molecule has 2 aromatic carbocycles. The van der Waals surface area contributed by atoms with Gasteiger partial charge in [0.05, 0.1) is 6.04 Å². The van der Waals surface area contributed by atoms with Gasteiger partial charge in [0.25, 0.3) is 0 Å². The lowest BCUT2D eigenvalue weighted by Gasteiger charge is -2.33. The Morgan fingerprint density at radius 1 is 1.00 bits per heavy atom. The molecule has 2 atom stereocenters. The van der Waals surface area contributed by atoms with Crippen LogP contribution in [0, 0.1) is 12.8 Å². The summed E-state index contributed by atoms with van der Waals surface area (Å²) >= 11 is 0. The number of rotatable bonds is 8. The minimum Gasteiger partial charge on any atom is -0.350 e. The van der Waals surface area contributed by atoms with Crippen LogP contribution in [0.1, 0.15) is 36.5 Å². The fraction of sp³-hybridized carbons (Fsp3) is 0.423. The molecule has 1 aliphatic rings. The second kappa shape index (κ2) is 13.1. The van der Waals surface area contributed by atoms with Gasteiger partial charge in [0.2, 0.25) is 17.7 Å². The number of hydrogen-bond acceptors (Lipinski definition) is 4. The molecule has 0 bridgehead atoms. The van der Waals surface area contributed by atoms with Gasteiger partial charge >= 0.3 is 0 Å². The molecule has 3 amide bonds. The minimum atomic E-state index is -0.623. The van der Waals surface area contributed by atoms with Crippen LogP contribution >= 0.6 is 12.4 Å². The predicted molar refractivity (Wildman–Crippen MR) is 135 cm³/mol. The van der Waals surface area contributed by atoms with Crippen molar-refractivity contribution in [1.29, 1.82) is 0 Å². The molecule has 0 aliphatic carbocycles. The van der Waals surface area contributed by atoms with Crippen molar-refractivity contribution in [2.75, 3.05) is 13.1 Å². The Kier molecular flexibility index (Phi) is 10.5. The Morgan fingerprint density at radius 3 is 2.24 bits per heavy atom. The summed E-state index contributed by atoms with van der Waals surface area (Å²) < 4.78 is 0. The second-order valence-electron chi connectivity index (χ2n) is 8.83. The van der Waals surface area contributed by atoms with Crippen molar-refractivity contribution in [3.63, 3.8) is 0 Å². The molecular formula is C26H35ClN4O3. The topological polar surface area (TPSA) is 105 Å². The molecule has 3 rings (SSSR count). The van der Waals surface area contributed by atoms with Crippen molar-refractivity contribution in [1.82, 2.24) is 15.5 Å². The first-order valence-corrected chi connectivity index (χ1v) is 11.6. The van der Waals surface area contributed by atoms with Crippen LogP contribution < -0.4 is 16.4 Å². The van der Waals surface area contributed by atoms with Crippen LogP contribution in [-0.4, -0.2) is 47.8 Å². The van der Waals surface area contributed by atoms with E-state index in [2.05, 4.69) is 10.6 Å². The van der Waals surface area contributed by atoms with E-state index in [-0.39, 0.29) is 36.0 Å². The number of nitrogens with one attached hydrogen (secondary N) is 2. The summed E-state index contributed by atoms with van der Waals surface area (Å²) in [6.07, 6.45) is 1.62. The van der Waals surface area contributed by atoms with Gasteiger partial charge in [0.1, 0.15) is 6.04 Å². The third-order valence-electron chi connectivity index (χ3n) is 6.13. The highest BCUT2D eigenvalue weighted by Crippen LogP contribution is 2.19. The monoisotopic (exact) mass is 486 g/mol. The lowest BCUT2D eigenvalue weighted by atomic mass is 9.94. The van der Waals surface area contributed by atoms with Crippen molar-refractivity contribution in [2.45, 2.75) is 51.7 Å². The number of likely N-dealkylation sites (tertiary alicyclic amines) is 1. The van der Waals surface area contributed by atoms with E-state index < -0.39 is 12.1 Å². The molecule has 0 saturated carbocycles. The van der Waals surface area contributed by atoms with Crippen molar-refractivity contribution in [3.05, 3.63) is 71.3 Å². The van der Waals surface area contributed by atoms with Gasteiger partial charge in [-0.3, -0.25) is 14.4 Å². The molecule has 0 spiro atoms. The molecule has 1 saturated heterocycles. The Hall–Kier alpha value is -2.90. The number of aryl methyl sites for hydroxylation is 1. The summed E-state index contributed by atoms with van der Waals surface area (Å²) in [6.45, 7) is 5.10. The zero-order valence-corrected chi connectivity index (χ0v) is 20.6. The van der Waals surface area contributed by atoms with E-state index in [9.17, 15) is 14.4 Å². The Morgan fingerprint density at radius 2 is 1.62 bits per heavy atom. The van der Waals surface area contributed by atoms with E-state index in [0.29, 0.717) is 38.9 Å². The van der Waals surface area contributed by atoms with Gasteiger partial charge in [-0.25, -0.2) is 0 Å². The molecule has 0 radical (unpaired) electrons. The van der Waals surface area contributed by atoms with Crippen molar-refractivity contribution < 1.29 is 14.4 Å². The maximum atomic E-state index is 12.7. The van der Waals surface area contributed by atoms with Gasteiger partial charge in [-0.1, -0.05) is 60.2 Å². The van der Waals surface area contributed by atoms with Crippen LogP contribution in [0.3, 0.4) is 0 Å². The molecule has 2 aromatic rings. The maximum Gasteiger partial charge on any atom is 0.242 e. The van der Waals surface area contributed by atoms with E-state index in [0.717, 1.165) is 16.7 Å². The smallest absolute Gasteiger partial charge is 0.242 e. The minimum absolute atomic E-state index is 0. The molecule has 4 N–H and O–H groups in total. The van der Waals surface area contributed by atoms with Gasteiger partial charge in [-0.2, -0.15) is 0 Å². The molecular weight excluding hydrogens is 452 g/mol. The molecule has 1 aliphatic heterocycles. The first kappa shape index (κ1) is 27.3. The van der Waals surface area contributed by atoms with Gasteiger partial charge in [-0.05, 0) is 44.2 Å². The standard InChI is InChI=1S/C26H34N4O3.ClH/c1-18-8-10-21(11-9-18)17-28-24(31)19(2)29-25(32)22-12-14-30(15-13-22)26(33)23(27)16-20-6-4-3-5-7-20;/h3-11,19,22-23H,12-17,27H2,1-2H3,(H,28,31)(H,29,32);1H/t19-,23-;/m0./s1. The summed E-state index contributed by atoms with van der Waals surface area (Å²) in [5, 5.41) is 5.68. The summed E-state index contributed by atoms with van der Waals surface area (Å²) in [7, 11) is 0. The van der Waals surface area contributed by atoms with Gasteiger partial charge in [0, 0.05) is 25.6 Å². The molecule has 0 unspecified atom stereocenters. The Bertz CT molecular complexity index is 944. The molecule has 184 valence electrons. The van der Waals surface area contributed by atoms with Gasteiger partial charge in [0.15, 0.2) is 0 Å². The van der Waals surface area contributed by atoms with Crippen LogP contribution in [0.4, 0.5) is 0 Å². The normalized spacial score (nSPS) is 15.6. The third-order valence-corrected chi connectivity index (χ3v) is 6.13. The molecule has 34 heavy (non-hydrogen) atoms. The Balaban J connectivity index is 0.00000408. The van der Waals surface area contributed by atoms with Crippen LogP contribution in [0.15, 0.2) is 54.6 Å². The van der Waals surface area contributed by atoms with E-state index in [1.54, 1.807) is 11.8 Å². The second-order valence-corrected chi connectivity index (χ2v) is 8.83. The van der Waals surface area contributed by atoms with Gasteiger partial charge in [-0.15, -0.1) is 12.4 Å². The van der Waals surface area contributed by atoms with Crippen LogP contribution in [0.2, 0.25) is 0 Å². The first-order chi connectivity index (χ1) is 15.8. The van der Waals surface area contributed by atoms with Crippen molar-refractivity contribution in [3.8, 4) is 0 Å². The van der Waals surface area contributed by atoms with E-state index in [1.807, 2.05) is 61.5 Å². The number of nitrogens with zero attached hydrogens (tertiary/aromatic N) is 1. The largest absolute Gasteiger partial charge is 0.350 e. The number of amides is 3. The zero-order valence-electron chi connectivity index (χ0n) is 19.8. The predicted octanol–water partition coefficient (Wildman–Crippen LogP) is 2.35. The molecule has 8 heteroatoms. The number of carbonyl (C=O) groups excluding carboxylic acids is 3. The van der Waals surface area contributed by atoms with E-state index in [1.165, 1.54) is 0 Å².